The third kappa shape index (κ3) is 6.03. The molecule has 33 heavy (non-hydrogen) atoms. The molecular weight excluding hydrogens is 424 g/mol. The number of hydrogen-bond acceptors (Lipinski definition) is 3. The molecule has 4 aromatic rings. The molecular formula is C30H34O2S. The standard InChI is InChI=1S/C30H34O2S/c1-3-5-16-27-29(31-19-10-20-33-25-15-9-12-23(21-25)11-4-2)18-17-26-28(22-32-30(26)27)24-13-7-6-8-14-24/h6-9,12-15,17-18,21-22H,3-5,10-11,16,19-20H2,1-2H3. The molecule has 2 nitrogen and oxygen atoms in total. The van der Waals surface area contributed by atoms with Crippen LogP contribution in [0, 0.1) is 0 Å². The Balaban J connectivity index is 1.42. The number of unbranched alkanes of at least 4 members (excludes halogenated alkanes) is 1. The minimum absolute atomic E-state index is 0.721. The summed E-state index contributed by atoms with van der Waals surface area (Å²) in [5, 5.41) is 1.17. The SMILES string of the molecule is CCCCc1c(OCCCSc2cccc(CCC)c2)ccc2c(-c3ccccc3)coc12. The number of aryl methyl sites for hydroxylation is 2. The molecule has 0 radical (unpaired) electrons. The Morgan fingerprint density at radius 1 is 0.848 bits per heavy atom. The first-order valence-electron chi connectivity index (χ1n) is 12.2. The first-order valence-corrected chi connectivity index (χ1v) is 13.2. The van der Waals surface area contributed by atoms with E-state index in [4.69, 9.17) is 9.15 Å². The fraction of sp³-hybridized carbons (Fsp3) is 0.333. The van der Waals surface area contributed by atoms with Gasteiger partial charge in [-0.25, -0.2) is 0 Å². The molecule has 3 heteroatoms. The molecule has 172 valence electrons. The minimum atomic E-state index is 0.721. The highest BCUT2D eigenvalue weighted by atomic mass is 32.2. The van der Waals surface area contributed by atoms with Gasteiger partial charge in [-0.3, -0.25) is 0 Å². The summed E-state index contributed by atoms with van der Waals surface area (Å²) in [6, 6.07) is 23.7. The van der Waals surface area contributed by atoms with E-state index in [0.29, 0.717) is 0 Å². The van der Waals surface area contributed by atoms with Crippen molar-refractivity contribution in [2.45, 2.75) is 57.3 Å². The van der Waals surface area contributed by atoms with E-state index >= 15 is 0 Å². The van der Waals surface area contributed by atoms with Crippen molar-refractivity contribution < 1.29 is 9.15 Å². The van der Waals surface area contributed by atoms with Gasteiger partial charge in [0.15, 0.2) is 0 Å². The zero-order valence-electron chi connectivity index (χ0n) is 19.8. The van der Waals surface area contributed by atoms with Crippen LogP contribution in [-0.4, -0.2) is 12.4 Å². The molecule has 3 aromatic carbocycles. The van der Waals surface area contributed by atoms with E-state index in [9.17, 15) is 0 Å². The summed E-state index contributed by atoms with van der Waals surface area (Å²) in [5.41, 5.74) is 5.95. The van der Waals surface area contributed by atoms with Crippen LogP contribution >= 0.6 is 11.8 Å². The summed E-state index contributed by atoms with van der Waals surface area (Å²) in [6.45, 7) is 5.18. The molecule has 0 saturated carbocycles. The molecule has 0 fully saturated rings. The van der Waals surface area contributed by atoms with E-state index in [2.05, 4.69) is 74.5 Å². The molecule has 0 bridgehead atoms. The number of benzene rings is 3. The predicted molar refractivity (Wildman–Crippen MR) is 142 cm³/mol. The fourth-order valence-corrected chi connectivity index (χ4v) is 5.12. The summed E-state index contributed by atoms with van der Waals surface area (Å²) in [4.78, 5) is 1.36. The number of ether oxygens (including phenoxy) is 1. The highest BCUT2D eigenvalue weighted by Crippen LogP contribution is 2.37. The van der Waals surface area contributed by atoms with Crippen molar-refractivity contribution >= 4 is 22.7 Å². The van der Waals surface area contributed by atoms with Gasteiger partial charge in [-0.1, -0.05) is 69.2 Å². The minimum Gasteiger partial charge on any atom is -0.493 e. The van der Waals surface area contributed by atoms with Crippen molar-refractivity contribution in [3.05, 3.63) is 84.1 Å². The van der Waals surface area contributed by atoms with Crippen molar-refractivity contribution in [1.82, 2.24) is 0 Å². The van der Waals surface area contributed by atoms with E-state index in [1.54, 1.807) is 0 Å². The van der Waals surface area contributed by atoms with Gasteiger partial charge in [0, 0.05) is 27.2 Å². The third-order valence-electron chi connectivity index (χ3n) is 5.92. The van der Waals surface area contributed by atoms with E-state index in [1.165, 1.54) is 33.4 Å². The average molecular weight is 459 g/mol. The second kappa shape index (κ2) is 12.0. The van der Waals surface area contributed by atoms with Gasteiger partial charge in [0.1, 0.15) is 11.3 Å². The van der Waals surface area contributed by atoms with E-state index < -0.39 is 0 Å². The molecule has 0 atom stereocenters. The van der Waals surface area contributed by atoms with Crippen molar-refractivity contribution in [3.8, 4) is 16.9 Å². The van der Waals surface area contributed by atoms with E-state index in [1.807, 2.05) is 24.1 Å². The first kappa shape index (κ1) is 23.5. The lowest BCUT2D eigenvalue weighted by Crippen LogP contribution is -2.02. The monoisotopic (exact) mass is 458 g/mol. The van der Waals surface area contributed by atoms with Crippen LogP contribution in [0.15, 0.2) is 82.3 Å². The van der Waals surface area contributed by atoms with Crippen LogP contribution < -0.4 is 4.74 Å². The highest BCUT2D eigenvalue weighted by molar-refractivity contribution is 7.99. The van der Waals surface area contributed by atoms with Crippen LogP contribution in [0.4, 0.5) is 0 Å². The molecule has 0 aliphatic rings. The van der Waals surface area contributed by atoms with Crippen LogP contribution in [0.5, 0.6) is 5.75 Å². The van der Waals surface area contributed by atoms with Gasteiger partial charge in [-0.15, -0.1) is 11.8 Å². The van der Waals surface area contributed by atoms with E-state index in [0.717, 1.165) is 61.4 Å². The van der Waals surface area contributed by atoms with Gasteiger partial charge >= 0.3 is 0 Å². The molecule has 0 N–H and O–H groups in total. The summed E-state index contributed by atoms with van der Waals surface area (Å²) >= 11 is 1.92. The molecule has 1 aromatic heterocycles. The van der Waals surface area contributed by atoms with Crippen LogP contribution in [-0.2, 0) is 12.8 Å². The molecule has 0 amide bonds. The van der Waals surface area contributed by atoms with Crippen LogP contribution in [0.2, 0.25) is 0 Å². The van der Waals surface area contributed by atoms with E-state index in [-0.39, 0.29) is 0 Å². The second-order valence-corrected chi connectivity index (χ2v) is 9.65. The Hall–Kier alpha value is -2.65. The zero-order chi connectivity index (χ0) is 22.9. The van der Waals surface area contributed by atoms with Crippen LogP contribution in [0.1, 0.15) is 50.7 Å². The maximum Gasteiger partial charge on any atom is 0.141 e. The molecule has 1 heterocycles. The number of furan rings is 1. The Labute approximate surface area is 202 Å². The number of hydrogen-bond donors (Lipinski definition) is 0. The topological polar surface area (TPSA) is 22.4 Å². The number of thioether (sulfide) groups is 1. The number of fused-ring (bicyclic) bond motifs is 1. The summed E-state index contributed by atoms with van der Waals surface area (Å²) < 4.78 is 12.4. The first-order chi connectivity index (χ1) is 16.3. The second-order valence-electron chi connectivity index (χ2n) is 8.49. The van der Waals surface area contributed by atoms with Crippen molar-refractivity contribution in [3.63, 3.8) is 0 Å². The maximum atomic E-state index is 6.28. The summed E-state index contributed by atoms with van der Waals surface area (Å²) in [5.74, 6) is 2.03. The van der Waals surface area contributed by atoms with Gasteiger partial charge in [0.05, 0.1) is 12.9 Å². The molecule has 0 aliphatic heterocycles. The maximum absolute atomic E-state index is 6.28. The lowest BCUT2D eigenvalue weighted by atomic mass is 10.00. The Bertz CT molecular complexity index is 1150. The summed E-state index contributed by atoms with van der Waals surface area (Å²) in [6.07, 6.45) is 8.50. The highest BCUT2D eigenvalue weighted by Gasteiger charge is 2.16. The third-order valence-corrected chi connectivity index (χ3v) is 7.00. The number of rotatable bonds is 12. The van der Waals surface area contributed by atoms with Gasteiger partial charge < -0.3 is 9.15 Å². The van der Waals surface area contributed by atoms with Gasteiger partial charge in [0.2, 0.25) is 0 Å². The van der Waals surface area contributed by atoms with Gasteiger partial charge in [-0.2, -0.15) is 0 Å². The molecule has 0 spiro atoms. The smallest absolute Gasteiger partial charge is 0.141 e. The molecule has 0 unspecified atom stereocenters. The molecule has 0 saturated heterocycles. The van der Waals surface area contributed by atoms with Crippen LogP contribution in [0.25, 0.3) is 22.1 Å². The quantitative estimate of drug-likeness (QED) is 0.156. The van der Waals surface area contributed by atoms with Crippen molar-refractivity contribution in [2.75, 3.05) is 12.4 Å². The largest absolute Gasteiger partial charge is 0.493 e. The van der Waals surface area contributed by atoms with Crippen molar-refractivity contribution in [1.29, 1.82) is 0 Å². The Morgan fingerprint density at radius 3 is 2.55 bits per heavy atom. The van der Waals surface area contributed by atoms with Gasteiger partial charge in [-0.05, 0) is 61.1 Å². The fourth-order valence-electron chi connectivity index (χ4n) is 4.22. The predicted octanol–water partition coefficient (Wildman–Crippen LogP) is 8.96. The van der Waals surface area contributed by atoms with Crippen molar-refractivity contribution in [2.24, 2.45) is 0 Å². The summed E-state index contributed by atoms with van der Waals surface area (Å²) in [7, 11) is 0. The van der Waals surface area contributed by atoms with Gasteiger partial charge in [0.25, 0.3) is 0 Å². The Morgan fingerprint density at radius 2 is 1.73 bits per heavy atom. The molecule has 4 rings (SSSR count). The zero-order valence-corrected chi connectivity index (χ0v) is 20.6. The average Bonchev–Trinajstić information content (AvgIpc) is 3.28. The Kier molecular flexibility index (Phi) is 8.54. The molecule has 0 aliphatic carbocycles. The lowest BCUT2D eigenvalue weighted by Gasteiger charge is -2.12. The lowest BCUT2D eigenvalue weighted by molar-refractivity contribution is 0.315. The van der Waals surface area contributed by atoms with Crippen LogP contribution in [0.3, 0.4) is 0 Å². The normalized spacial score (nSPS) is 11.2.